The normalized spacial score (nSPS) is 17.4. The van der Waals surface area contributed by atoms with Crippen molar-refractivity contribution in [2.24, 2.45) is 7.05 Å². The fourth-order valence-corrected chi connectivity index (χ4v) is 4.59. The molecular formula is C20H19N5O3S. The molecular weight excluding hydrogens is 390 g/mol. The topological polar surface area (TPSA) is 89.4 Å². The molecule has 29 heavy (non-hydrogen) atoms. The second kappa shape index (κ2) is 6.15. The number of benzene rings is 1. The van der Waals surface area contributed by atoms with E-state index in [4.69, 9.17) is 4.74 Å². The number of Topliss-reactive ketones (excluding diaryl/α,β-unsaturated/α-hetero) is 1. The van der Waals surface area contributed by atoms with Gasteiger partial charge in [0.1, 0.15) is 22.9 Å². The summed E-state index contributed by atoms with van der Waals surface area (Å²) in [6.45, 7) is 4.46. The van der Waals surface area contributed by atoms with Gasteiger partial charge in [0.15, 0.2) is 5.13 Å². The van der Waals surface area contributed by atoms with E-state index in [1.807, 2.05) is 42.5 Å². The molecule has 0 atom stereocenters. The fraction of sp³-hybridized carbons (Fsp3) is 0.300. The van der Waals surface area contributed by atoms with Gasteiger partial charge in [0.25, 0.3) is 5.91 Å². The highest BCUT2D eigenvalue weighted by Gasteiger charge is 2.42. The lowest BCUT2D eigenvalue weighted by Crippen LogP contribution is -2.53. The fourth-order valence-electron chi connectivity index (χ4n) is 3.59. The van der Waals surface area contributed by atoms with Crippen molar-refractivity contribution in [1.82, 2.24) is 20.1 Å². The van der Waals surface area contributed by atoms with Gasteiger partial charge in [-0.15, -0.1) is 0 Å². The summed E-state index contributed by atoms with van der Waals surface area (Å²) in [7, 11) is 1.88. The van der Waals surface area contributed by atoms with Crippen molar-refractivity contribution in [3.8, 4) is 16.9 Å². The van der Waals surface area contributed by atoms with E-state index in [1.165, 1.54) is 11.3 Å². The van der Waals surface area contributed by atoms with Crippen LogP contribution in [0.25, 0.3) is 11.1 Å². The maximum absolute atomic E-state index is 12.7. The molecule has 0 saturated carbocycles. The van der Waals surface area contributed by atoms with E-state index in [0.717, 1.165) is 22.6 Å². The minimum atomic E-state index is -0.953. The Morgan fingerprint density at radius 2 is 2.07 bits per heavy atom. The first-order chi connectivity index (χ1) is 13.8. The van der Waals surface area contributed by atoms with Gasteiger partial charge in [0, 0.05) is 18.8 Å². The Bertz CT molecular complexity index is 1160. The summed E-state index contributed by atoms with van der Waals surface area (Å²) in [6.07, 6.45) is 3.76. The third-order valence-corrected chi connectivity index (χ3v) is 6.20. The molecule has 148 valence electrons. The minimum absolute atomic E-state index is 0.174. The third-order valence-electron chi connectivity index (χ3n) is 5.12. The first-order valence-corrected chi connectivity index (χ1v) is 10.1. The maximum atomic E-state index is 12.7. The number of thiazole rings is 1. The molecule has 2 aliphatic rings. The van der Waals surface area contributed by atoms with Crippen molar-refractivity contribution in [2.45, 2.75) is 19.4 Å². The first-order valence-electron chi connectivity index (χ1n) is 9.25. The lowest BCUT2D eigenvalue weighted by atomic mass is 9.92. The monoisotopic (exact) mass is 409 g/mol. The minimum Gasteiger partial charge on any atom is -0.490 e. The van der Waals surface area contributed by atoms with Gasteiger partial charge in [-0.3, -0.25) is 14.3 Å². The lowest BCUT2D eigenvalue weighted by molar-refractivity contribution is 0.0767. The van der Waals surface area contributed by atoms with Crippen LogP contribution >= 0.6 is 11.3 Å². The van der Waals surface area contributed by atoms with Crippen LogP contribution in [0, 0.1) is 0 Å². The number of amides is 1. The number of anilines is 2. The average molecular weight is 409 g/mol. The van der Waals surface area contributed by atoms with Crippen LogP contribution in [0.4, 0.5) is 10.8 Å². The molecule has 2 aliphatic heterocycles. The van der Waals surface area contributed by atoms with Gasteiger partial charge >= 0.3 is 0 Å². The number of aryl methyl sites for hydroxylation is 1. The molecule has 0 fully saturated rings. The average Bonchev–Trinajstić information content (AvgIpc) is 3.32. The molecule has 2 aromatic heterocycles. The van der Waals surface area contributed by atoms with Crippen LogP contribution in [0.5, 0.6) is 5.75 Å². The van der Waals surface area contributed by atoms with E-state index in [1.54, 1.807) is 18.5 Å². The second-order valence-electron chi connectivity index (χ2n) is 7.67. The Hall–Kier alpha value is -3.20. The third kappa shape index (κ3) is 2.80. The van der Waals surface area contributed by atoms with Gasteiger partial charge in [-0.2, -0.15) is 5.10 Å². The number of aromatic nitrogens is 3. The number of hydrogen-bond donors (Lipinski definition) is 1. The maximum Gasteiger partial charge on any atom is 0.264 e. The van der Waals surface area contributed by atoms with Crippen LogP contribution in [0.3, 0.4) is 0 Å². The van der Waals surface area contributed by atoms with E-state index in [0.29, 0.717) is 23.2 Å². The number of ketones is 1. The van der Waals surface area contributed by atoms with Crippen molar-refractivity contribution in [3.63, 3.8) is 0 Å². The molecule has 5 rings (SSSR count). The molecule has 0 saturated heterocycles. The molecule has 3 aromatic rings. The number of rotatable bonds is 2. The molecule has 0 aliphatic carbocycles. The smallest absolute Gasteiger partial charge is 0.264 e. The summed E-state index contributed by atoms with van der Waals surface area (Å²) in [4.78, 5) is 32.2. The number of carbonyl (C=O) groups is 2. The van der Waals surface area contributed by atoms with Crippen molar-refractivity contribution in [2.75, 3.05) is 18.1 Å². The lowest BCUT2D eigenvalue weighted by Gasteiger charge is -2.29. The molecule has 0 bridgehead atoms. The summed E-state index contributed by atoms with van der Waals surface area (Å²) >= 11 is 1.23. The molecule has 0 unspecified atom stereocenters. The van der Waals surface area contributed by atoms with Crippen molar-refractivity contribution in [1.29, 1.82) is 0 Å². The number of nitrogens with one attached hydrogen (secondary N) is 1. The predicted octanol–water partition coefficient (Wildman–Crippen LogP) is 2.78. The quantitative estimate of drug-likeness (QED) is 0.700. The van der Waals surface area contributed by atoms with Crippen LogP contribution in [0.1, 0.15) is 34.0 Å². The van der Waals surface area contributed by atoms with E-state index < -0.39 is 5.54 Å². The molecule has 9 heteroatoms. The molecule has 0 radical (unpaired) electrons. The van der Waals surface area contributed by atoms with Gasteiger partial charge in [-0.25, -0.2) is 4.98 Å². The van der Waals surface area contributed by atoms with Gasteiger partial charge in [0.2, 0.25) is 5.78 Å². The molecule has 8 nitrogen and oxygen atoms in total. The molecule has 0 spiro atoms. The van der Waals surface area contributed by atoms with Gasteiger partial charge in [-0.1, -0.05) is 17.4 Å². The predicted molar refractivity (Wildman–Crippen MR) is 109 cm³/mol. The molecule has 1 amide bonds. The molecule has 4 heterocycles. The Morgan fingerprint density at radius 1 is 1.24 bits per heavy atom. The molecule has 1 aromatic carbocycles. The number of carbonyl (C=O) groups excluding carboxylic acids is 2. The summed E-state index contributed by atoms with van der Waals surface area (Å²) in [5, 5.41) is 7.61. The SMILES string of the molecule is Cn1cc(-c2ccc3c(c2)N(c2nc4c(s2)C(=O)NC(C)(C)C4=O)CCO3)cn1. The zero-order valence-electron chi connectivity index (χ0n) is 16.2. The summed E-state index contributed by atoms with van der Waals surface area (Å²) < 4.78 is 7.57. The molecule has 1 N–H and O–H groups in total. The summed E-state index contributed by atoms with van der Waals surface area (Å²) in [6, 6.07) is 5.95. The van der Waals surface area contributed by atoms with Crippen LogP contribution in [-0.4, -0.2) is 45.1 Å². The summed E-state index contributed by atoms with van der Waals surface area (Å²) in [5.74, 6) is 0.311. The number of ether oxygens (including phenoxy) is 1. The van der Waals surface area contributed by atoms with Crippen LogP contribution in [0.2, 0.25) is 0 Å². The number of fused-ring (bicyclic) bond motifs is 2. The Balaban J connectivity index is 1.59. The van der Waals surface area contributed by atoms with Crippen LogP contribution in [0.15, 0.2) is 30.6 Å². The highest BCUT2D eigenvalue weighted by molar-refractivity contribution is 7.18. The van der Waals surface area contributed by atoms with E-state index in [2.05, 4.69) is 15.4 Å². The largest absolute Gasteiger partial charge is 0.490 e. The Labute approximate surface area is 171 Å². The van der Waals surface area contributed by atoms with Crippen LogP contribution < -0.4 is 15.0 Å². The van der Waals surface area contributed by atoms with E-state index in [9.17, 15) is 9.59 Å². The van der Waals surface area contributed by atoms with Crippen molar-refractivity contribution in [3.05, 3.63) is 41.2 Å². The summed E-state index contributed by atoms with van der Waals surface area (Å²) in [5.41, 5.74) is 2.15. The Morgan fingerprint density at radius 3 is 2.83 bits per heavy atom. The van der Waals surface area contributed by atoms with Crippen molar-refractivity contribution < 1.29 is 14.3 Å². The van der Waals surface area contributed by atoms with Crippen LogP contribution in [-0.2, 0) is 7.05 Å². The highest BCUT2D eigenvalue weighted by atomic mass is 32.1. The standard InChI is InChI=1S/C20H19N5O3S/c1-20(2)17(26)15-16(18(27)23-20)29-19(22-15)25-6-7-28-14-5-4-11(8-13(14)25)12-9-21-24(3)10-12/h4-5,8-10H,6-7H2,1-3H3,(H,23,27). The first kappa shape index (κ1) is 17.9. The number of hydrogen-bond acceptors (Lipinski definition) is 7. The van der Waals surface area contributed by atoms with Gasteiger partial charge < -0.3 is 15.0 Å². The van der Waals surface area contributed by atoms with Gasteiger partial charge in [-0.05, 0) is 31.5 Å². The second-order valence-corrected chi connectivity index (χ2v) is 8.65. The van der Waals surface area contributed by atoms with Gasteiger partial charge in [0.05, 0.1) is 24.0 Å². The van der Waals surface area contributed by atoms with E-state index >= 15 is 0 Å². The zero-order chi connectivity index (χ0) is 20.3. The van der Waals surface area contributed by atoms with E-state index in [-0.39, 0.29) is 17.4 Å². The number of nitrogens with zero attached hydrogens (tertiary/aromatic N) is 4. The highest BCUT2D eigenvalue weighted by Crippen LogP contribution is 2.42. The van der Waals surface area contributed by atoms with Crippen molar-refractivity contribution >= 4 is 33.8 Å². The zero-order valence-corrected chi connectivity index (χ0v) is 17.0. The Kier molecular flexibility index (Phi) is 3.79.